The van der Waals surface area contributed by atoms with Crippen molar-refractivity contribution in [3.05, 3.63) is 35.5 Å². The summed E-state index contributed by atoms with van der Waals surface area (Å²) in [5.41, 5.74) is 7.19. The maximum atomic E-state index is 11.4. The molecule has 0 aliphatic carbocycles. The highest BCUT2D eigenvalue weighted by Gasteiger charge is 2.08. The fourth-order valence-corrected chi connectivity index (χ4v) is 1.98. The number of nitrogens with two attached hydrogens (primary N) is 1. The van der Waals surface area contributed by atoms with Crippen molar-refractivity contribution in [2.45, 2.75) is 6.73 Å². The van der Waals surface area contributed by atoms with Crippen molar-refractivity contribution >= 4 is 28.3 Å². The Balaban J connectivity index is 0.000000170. The number of imidazole rings is 2. The Morgan fingerprint density at radius 2 is 2.20 bits per heavy atom. The summed E-state index contributed by atoms with van der Waals surface area (Å²) in [4.78, 5) is 36.1. The van der Waals surface area contributed by atoms with Crippen molar-refractivity contribution in [3.63, 3.8) is 0 Å². The molecular formula is C13H15N9O3. The molecule has 0 radical (unpaired) electrons. The number of hydrogen-bond acceptors (Lipinski definition) is 9. The van der Waals surface area contributed by atoms with Gasteiger partial charge in [0, 0.05) is 0 Å². The van der Waals surface area contributed by atoms with E-state index in [2.05, 4.69) is 34.9 Å². The first-order valence-electron chi connectivity index (χ1n) is 7.17. The SMILES string of the molecule is Nc1nc2c(ncn2COCCO)c(=O)[nH]1.c1ncc2[nH]cnc2n1. The van der Waals surface area contributed by atoms with Crippen LogP contribution in [0, 0.1) is 0 Å². The summed E-state index contributed by atoms with van der Waals surface area (Å²) < 4.78 is 6.63. The maximum Gasteiger partial charge on any atom is 0.280 e. The number of aliphatic hydroxyl groups excluding tert-OH is 1. The van der Waals surface area contributed by atoms with E-state index >= 15 is 0 Å². The number of aromatic amines is 2. The van der Waals surface area contributed by atoms with Crippen molar-refractivity contribution < 1.29 is 9.84 Å². The van der Waals surface area contributed by atoms with Gasteiger partial charge in [0.1, 0.15) is 18.6 Å². The molecule has 0 unspecified atom stereocenters. The number of aromatic nitrogens is 8. The molecule has 0 bridgehead atoms. The van der Waals surface area contributed by atoms with Crippen LogP contribution in [0.5, 0.6) is 0 Å². The van der Waals surface area contributed by atoms with Crippen molar-refractivity contribution in [2.24, 2.45) is 0 Å². The lowest BCUT2D eigenvalue weighted by Crippen LogP contribution is -2.13. The van der Waals surface area contributed by atoms with Gasteiger partial charge in [-0.1, -0.05) is 0 Å². The molecule has 4 aromatic heterocycles. The van der Waals surface area contributed by atoms with E-state index in [1.54, 1.807) is 12.5 Å². The van der Waals surface area contributed by atoms with Gasteiger partial charge in [-0.05, 0) is 0 Å². The fraction of sp³-hybridized carbons (Fsp3) is 0.231. The van der Waals surface area contributed by atoms with E-state index in [9.17, 15) is 4.79 Å². The number of H-pyrrole nitrogens is 2. The van der Waals surface area contributed by atoms with E-state index in [4.69, 9.17) is 15.6 Å². The summed E-state index contributed by atoms with van der Waals surface area (Å²) in [6.45, 7) is 0.300. The number of nitrogens with zero attached hydrogens (tertiary/aromatic N) is 6. The predicted molar refractivity (Wildman–Crippen MR) is 87.3 cm³/mol. The molecule has 4 rings (SSSR count). The summed E-state index contributed by atoms with van der Waals surface area (Å²) in [6, 6.07) is 0. The third kappa shape index (κ3) is 3.76. The number of fused-ring (bicyclic) bond motifs is 2. The zero-order chi connectivity index (χ0) is 17.6. The lowest BCUT2D eigenvalue weighted by atomic mass is 10.5. The summed E-state index contributed by atoms with van der Waals surface area (Å²) in [5.74, 6) is 0.0291. The Hall–Kier alpha value is -3.38. The molecule has 4 aromatic rings. The van der Waals surface area contributed by atoms with Crippen LogP contribution in [0.2, 0.25) is 0 Å². The van der Waals surface area contributed by atoms with E-state index in [1.807, 2.05) is 0 Å². The third-order valence-electron chi connectivity index (χ3n) is 3.06. The van der Waals surface area contributed by atoms with Gasteiger partial charge in [-0.3, -0.25) is 14.3 Å². The van der Waals surface area contributed by atoms with E-state index in [1.165, 1.54) is 17.2 Å². The Morgan fingerprint density at radius 1 is 1.32 bits per heavy atom. The second kappa shape index (κ2) is 7.46. The Kier molecular flexibility index (Phi) is 4.92. The minimum Gasteiger partial charge on any atom is -0.394 e. The van der Waals surface area contributed by atoms with Gasteiger partial charge in [0.2, 0.25) is 5.95 Å². The zero-order valence-corrected chi connectivity index (χ0v) is 13.0. The number of rotatable bonds is 4. The van der Waals surface area contributed by atoms with Crippen LogP contribution in [0.15, 0.2) is 30.0 Å². The minimum atomic E-state index is -0.386. The molecule has 0 saturated heterocycles. The third-order valence-corrected chi connectivity index (χ3v) is 3.06. The largest absolute Gasteiger partial charge is 0.394 e. The van der Waals surface area contributed by atoms with Crippen LogP contribution in [0.25, 0.3) is 22.3 Å². The van der Waals surface area contributed by atoms with E-state index in [-0.39, 0.29) is 37.0 Å². The number of nitrogen functional groups attached to an aromatic ring is 1. The minimum absolute atomic E-state index is 0.0291. The summed E-state index contributed by atoms with van der Waals surface area (Å²) in [5, 5.41) is 8.56. The van der Waals surface area contributed by atoms with Crippen LogP contribution in [0.4, 0.5) is 5.95 Å². The smallest absolute Gasteiger partial charge is 0.280 e. The second-order valence-corrected chi connectivity index (χ2v) is 4.76. The van der Waals surface area contributed by atoms with E-state index in [0.717, 1.165) is 5.52 Å². The molecule has 0 aliphatic rings. The van der Waals surface area contributed by atoms with Gasteiger partial charge >= 0.3 is 0 Å². The fourth-order valence-electron chi connectivity index (χ4n) is 1.98. The Morgan fingerprint density at radius 3 is 3.00 bits per heavy atom. The van der Waals surface area contributed by atoms with Crippen molar-refractivity contribution in [1.82, 2.24) is 39.5 Å². The molecule has 12 nitrogen and oxygen atoms in total. The summed E-state index contributed by atoms with van der Waals surface area (Å²) >= 11 is 0. The van der Waals surface area contributed by atoms with Gasteiger partial charge in [0.15, 0.2) is 16.8 Å². The lowest BCUT2D eigenvalue weighted by Gasteiger charge is -2.03. The highest BCUT2D eigenvalue weighted by atomic mass is 16.5. The van der Waals surface area contributed by atoms with Crippen LogP contribution in [-0.2, 0) is 11.5 Å². The molecule has 25 heavy (non-hydrogen) atoms. The number of hydrogen-bond donors (Lipinski definition) is 4. The van der Waals surface area contributed by atoms with E-state index < -0.39 is 0 Å². The number of anilines is 1. The molecule has 0 amide bonds. The van der Waals surface area contributed by atoms with Gasteiger partial charge in [-0.15, -0.1) is 0 Å². The predicted octanol–water partition coefficient (Wildman–Crippen LogP) is -0.979. The second-order valence-electron chi connectivity index (χ2n) is 4.76. The first-order chi connectivity index (χ1) is 12.2. The van der Waals surface area contributed by atoms with Crippen molar-refractivity contribution in [3.8, 4) is 0 Å². The monoisotopic (exact) mass is 345 g/mol. The lowest BCUT2D eigenvalue weighted by molar-refractivity contribution is 0.0499. The quantitative estimate of drug-likeness (QED) is 0.339. The van der Waals surface area contributed by atoms with Crippen molar-refractivity contribution in [2.75, 3.05) is 18.9 Å². The summed E-state index contributed by atoms with van der Waals surface area (Å²) in [6.07, 6.45) is 6.20. The molecule has 0 aliphatic heterocycles. The standard InChI is InChI=1S/C8H11N5O3.C5H4N4/c9-8-11-6-5(7(15)12-8)10-3-13(6)4-16-2-1-14;1-4-5(8-2-6-1)9-3-7-4/h3,14H,1-2,4H2,(H3,9,11,12,15);1-3H,(H,6,7,8,9). The molecule has 0 saturated carbocycles. The number of ether oxygens (including phenoxy) is 1. The molecule has 0 fully saturated rings. The molecule has 0 spiro atoms. The molecular weight excluding hydrogens is 330 g/mol. The topological polar surface area (TPSA) is 174 Å². The maximum absolute atomic E-state index is 11.4. The molecule has 5 N–H and O–H groups in total. The van der Waals surface area contributed by atoms with Crippen LogP contribution < -0.4 is 11.3 Å². The Labute approximate surface area is 139 Å². The van der Waals surface area contributed by atoms with Crippen LogP contribution in [0.3, 0.4) is 0 Å². The van der Waals surface area contributed by atoms with Crippen molar-refractivity contribution in [1.29, 1.82) is 0 Å². The van der Waals surface area contributed by atoms with Crippen LogP contribution in [-0.4, -0.2) is 57.8 Å². The van der Waals surface area contributed by atoms with Crippen LogP contribution >= 0.6 is 0 Å². The number of aliphatic hydroxyl groups is 1. The molecule has 0 atom stereocenters. The normalized spacial score (nSPS) is 10.8. The zero-order valence-electron chi connectivity index (χ0n) is 13.0. The first kappa shape index (κ1) is 16.5. The van der Waals surface area contributed by atoms with Gasteiger partial charge in [0.05, 0.1) is 32.1 Å². The average Bonchev–Trinajstić information content (AvgIpc) is 3.23. The Bertz CT molecular complexity index is 992. The molecule has 0 aromatic carbocycles. The van der Waals surface area contributed by atoms with Gasteiger partial charge in [0.25, 0.3) is 5.56 Å². The number of nitrogens with one attached hydrogen (secondary N) is 2. The molecule has 130 valence electrons. The van der Waals surface area contributed by atoms with E-state index in [0.29, 0.717) is 11.3 Å². The summed E-state index contributed by atoms with van der Waals surface area (Å²) in [7, 11) is 0. The molecule has 12 heteroatoms. The van der Waals surface area contributed by atoms with Gasteiger partial charge in [-0.2, -0.15) is 4.98 Å². The highest BCUT2D eigenvalue weighted by Crippen LogP contribution is 2.06. The average molecular weight is 345 g/mol. The van der Waals surface area contributed by atoms with Crippen LogP contribution in [0.1, 0.15) is 0 Å². The van der Waals surface area contributed by atoms with Gasteiger partial charge < -0.3 is 20.6 Å². The van der Waals surface area contributed by atoms with Gasteiger partial charge in [-0.25, -0.2) is 19.9 Å². The molecule has 4 heterocycles. The highest BCUT2D eigenvalue weighted by molar-refractivity contribution is 5.70. The first-order valence-corrected chi connectivity index (χ1v) is 7.17.